The maximum atomic E-state index is 8.67. The normalized spacial score (nSPS) is 28.0. The van der Waals surface area contributed by atoms with Crippen LogP contribution in [0.2, 0.25) is 18.1 Å². The molecule has 2 nitrogen and oxygen atoms in total. The fourth-order valence-corrected chi connectivity index (χ4v) is 2.74. The van der Waals surface area contributed by atoms with Gasteiger partial charge in [0.1, 0.15) is 0 Å². The molecule has 0 radical (unpaired) electrons. The second kappa shape index (κ2) is 3.67. The van der Waals surface area contributed by atoms with Crippen molar-refractivity contribution in [1.29, 1.82) is 5.26 Å². The minimum Gasteiger partial charge on any atom is -0.414 e. The van der Waals surface area contributed by atoms with E-state index in [1.165, 1.54) is 0 Å². The maximum Gasteiger partial charge on any atom is 0.192 e. The highest BCUT2D eigenvalue weighted by atomic mass is 28.4. The van der Waals surface area contributed by atoms with Gasteiger partial charge in [0, 0.05) is 6.10 Å². The molecule has 1 rings (SSSR count). The third-order valence-electron chi connectivity index (χ3n) is 3.54. The molecule has 1 aliphatic rings. The molecule has 1 saturated carbocycles. The predicted octanol–water partition coefficient (Wildman–Crippen LogP) is 3.31. The van der Waals surface area contributed by atoms with Crippen LogP contribution in [0.1, 0.15) is 33.6 Å². The molecule has 0 spiro atoms. The first-order valence-electron chi connectivity index (χ1n) is 5.34. The van der Waals surface area contributed by atoms with Crippen molar-refractivity contribution < 1.29 is 4.43 Å². The summed E-state index contributed by atoms with van der Waals surface area (Å²) in [5.74, 6) is 0.254. The zero-order chi connectivity index (χ0) is 11.0. The monoisotopic (exact) mass is 211 g/mol. The van der Waals surface area contributed by atoms with Crippen molar-refractivity contribution in [3.8, 4) is 6.07 Å². The second-order valence-corrected chi connectivity index (χ2v) is 10.6. The Morgan fingerprint density at radius 1 is 1.29 bits per heavy atom. The SMILES string of the molecule is CC(C)(C)[Si](C)(C)OC1CC(C#N)C1. The van der Waals surface area contributed by atoms with Gasteiger partial charge in [0.05, 0.1) is 12.0 Å². The fraction of sp³-hybridized carbons (Fsp3) is 0.909. The van der Waals surface area contributed by atoms with Gasteiger partial charge in [0.15, 0.2) is 8.32 Å². The van der Waals surface area contributed by atoms with E-state index in [4.69, 9.17) is 9.69 Å². The minimum atomic E-state index is -1.59. The fourth-order valence-electron chi connectivity index (χ4n) is 1.36. The molecular weight excluding hydrogens is 190 g/mol. The Morgan fingerprint density at radius 2 is 1.79 bits per heavy atom. The van der Waals surface area contributed by atoms with E-state index in [1.54, 1.807) is 0 Å². The summed E-state index contributed by atoms with van der Waals surface area (Å²) in [5.41, 5.74) is 0. The van der Waals surface area contributed by atoms with Gasteiger partial charge in [0.2, 0.25) is 0 Å². The van der Waals surface area contributed by atoms with Gasteiger partial charge in [-0.15, -0.1) is 0 Å². The summed E-state index contributed by atoms with van der Waals surface area (Å²) in [6.07, 6.45) is 2.26. The van der Waals surface area contributed by atoms with Crippen LogP contribution in [0, 0.1) is 17.2 Å². The lowest BCUT2D eigenvalue weighted by molar-refractivity contribution is 0.0754. The molecule has 0 atom stereocenters. The van der Waals surface area contributed by atoms with E-state index < -0.39 is 8.32 Å². The first kappa shape index (κ1) is 11.7. The molecule has 1 fully saturated rings. The highest BCUT2D eigenvalue weighted by molar-refractivity contribution is 6.74. The summed E-state index contributed by atoms with van der Waals surface area (Å²) in [7, 11) is -1.59. The molecule has 0 heterocycles. The third-order valence-corrected chi connectivity index (χ3v) is 8.08. The summed E-state index contributed by atoms with van der Waals surface area (Å²) in [6.45, 7) is 11.3. The zero-order valence-electron chi connectivity index (χ0n) is 9.92. The molecule has 0 bridgehead atoms. The molecule has 0 saturated heterocycles. The Morgan fingerprint density at radius 3 is 2.14 bits per heavy atom. The summed E-state index contributed by atoms with van der Waals surface area (Å²) in [4.78, 5) is 0. The average Bonchev–Trinajstić information content (AvgIpc) is 1.93. The van der Waals surface area contributed by atoms with Gasteiger partial charge < -0.3 is 4.43 Å². The van der Waals surface area contributed by atoms with Gasteiger partial charge in [-0.1, -0.05) is 20.8 Å². The molecule has 0 aromatic rings. The summed E-state index contributed by atoms with van der Waals surface area (Å²) in [6, 6.07) is 2.29. The van der Waals surface area contributed by atoms with Crippen LogP contribution in [0.5, 0.6) is 0 Å². The molecule has 0 aromatic heterocycles. The van der Waals surface area contributed by atoms with E-state index in [0.717, 1.165) is 12.8 Å². The van der Waals surface area contributed by atoms with Gasteiger partial charge in [0.25, 0.3) is 0 Å². The van der Waals surface area contributed by atoms with Crippen molar-refractivity contribution in [3.05, 3.63) is 0 Å². The Hall–Kier alpha value is -0.333. The van der Waals surface area contributed by atoms with Crippen molar-refractivity contribution in [1.82, 2.24) is 0 Å². The van der Waals surface area contributed by atoms with E-state index in [0.29, 0.717) is 6.10 Å². The number of hydrogen-bond donors (Lipinski definition) is 0. The summed E-state index contributed by atoms with van der Waals surface area (Å²) in [5, 5.41) is 8.95. The maximum absolute atomic E-state index is 8.67. The molecule has 1 aliphatic carbocycles. The second-order valence-electron chi connectivity index (χ2n) is 5.80. The van der Waals surface area contributed by atoms with E-state index in [-0.39, 0.29) is 11.0 Å². The Bertz CT molecular complexity index is 243. The molecule has 3 heteroatoms. The first-order chi connectivity index (χ1) is 6.26. The Balaban J connectivity index is 2.43. The average molecular weight is 211 g/mol. The van der Waals surface area contributed by atoms with Gasteiger partial charge in [-0.3, -0.25) is 0 Å². The van der Waals surface area contributed by atoms with Crippen LogP contribution in [0.3, 0.4) is 0 Å². The summed E-state index contributed by atoms with van der Waals surface area (Å²) >= 11 is 0. The number of nitrogens with zero attached hydrogens (tertiary/aromatic N) is 1. The Kier molecular flexibility index (Phi) is 3.08. The van der Waals surface area contributed by atoms with Gasteiger partial charge >= 0.3 is 0 Å². The number of hydrogen-bond acceptors (Lipinski definition) is 2. The number of nitriles is 1. The van der Waals surface area contributed by atoms with Gasteiger partial charge in [-0.05, 0) is 31.0 Å². The quantitative estimate of drug-likeness (QED) is 0.656. The first-order valence-corrected chi connectivity index (χ1v) is 8.24. The Labute approximate surface area is 88.4 Å². The molecule has 0 N–H and O–H groups in total. The molecule has 0 unspecified atom stereocenters. The van der Waals surface area contributed by atoms with Gasteiger partial charge in [-0.2, -0.15) is 5.26 Å². The van der Waals surface area contributed by atoms with Crippen molar-refractivity contribution >= 4 is 8.32 Å². The van der Waals surface area contributed by atoms with Crippen LogP contribution < -0.4 is 0 Å². The van der Waals surface area contributed by atoms with E-state index in [9.17, 15) is 0 Å². The topological polar surface area (TPSA) is 33.0 Å². The van der Waals surface area contributed by atoms with Crippen molar-refractivity contribution in [2.24, 2.45) is 5.92 Å². The standard InChI is InChI=1S/C11H21NOSi/c1-11(2,3)14(4,5)13-10-6-9(7-10)8-12/h9-10H,6-7H2,1-5H3. The van der Waals surface area contributed by atoms with Gasteiger partial charge in [-0.25, -0.2) is 0 Å². The van der Waals surface area contributed by atoms with Crippen LogP contribution >= 0.6 is 0 Å². The molecule has 0 aromatic carbocycles. The summed E-state index contributed by atoms with van der Waals surface area (Å²) < 4.78 is 6.16. The predicted molar refractivity (Wildman–Crippen MR) is 60.4 cm³/mol. The minimum absolute atomic E-state index is 0.254. The molecule has 14 heavy (non-hydrogen) atoms. The molecule has 80 valence electrons. The zero-order valence-corrected chi connectivity index (χ0v) is 10.9. The van der Waals surface area contributed by atoms with Crippen molar-refractivity contribution in [2.45, 2.75) is 57.8 Å². The lowest BCUT2D eigenvalue weighted by Crippen LogP contribution is -2.47. The smallest absolute Gasteiger partial charge is 0.192 e. The van der Waals surface area contributed by atoms with Crippen LogP contribution in [0.4, 0.5) is 0 Å². The molecule has 0 amide bonds. The van der Waals surface area contributed by atoms with E-state index in [2.05, 4.69) is 39.9 Å². The van der Waals surface area contributed by atoms with Crippen LogP contribution in [0.25, 0.3) is 0 Å². The van der Waals surface area contributed by atoms with Crippen LogP contribution in [-0.4, -0.2) is 14.4 Å². The van der Waals surface area contributed by atoms with E-state index in [1.807, 2.05) is 0 Å². The van der Waals surface area contributed by atoms with E-state index >= 15 is 0 Å². The van der Waals surface area contributed by atoms with Crippen LogP contribution in [-0.2, 0) is 4.43 Å². The third kappa shape index (κ3) is 2.37. The number of rotatable bonds is 2. The van der Waals surface area contributed by atoms with Crippen molar-refractivity contribution in [3.63, 3.8) is 0 Å². The van der Waals surface area contributed by atoms with Crippen molar-refractivity contribution in [2.75, 3.05) is 0 Å². The lowest BCUT2D eigenvalue weighted by atomic mass is 9.84. The molecule has 0 aliphatic heterocycles. The van der Waals surface area contributed by atoms with Crippen LogP contribution in [0.15, 0.2) is 0 Å². The largest absolute Gasteiger partial charge is 0.414 e. The molecular formula is C11H21NOSi. The highest BCUT2D eigenvalue weighted by Crippen LogP contribution is 2.41. The highest BCUT2D eigenvalue weighted by Gasteiger charge is 2.42. The lowest BCUT2D eigenvalue weighted by Gasteiger charge is -2.43.